The number of carboxylic acids is 1. The number of amides is 2. The fourth-order valence-electron chi connectivity index (χ4n) is 1.96. The number of rotatable bonds is 3. The number of hydrogen-bond acceptors (Lipinski definition) is 3. The lowest BCUT2D eigenvalue weighted by atomic mass is 9.74. The minimum absolute atomic E-state index is 0.278. The zero-order valence-electron chi connectivity index (χ0n) is 13.0. The summed E-state index contributed by atoms with van der Waals surface area (Å²) in [4.78, 5) is 25.2. The van der Waals surface area contributed by atoms with Gasteiger partial charge in [-0.3, -0.25) is 4.79 Å². The van der Waals surface area contributed by atoms with Gasteiger partial charge in [-0.05, 0) is 47.5 Å². The molecule has 1 rings (SSSR count). The molecule has 0 aromatic heterocycles. The molecule has 0 bridgehead atoms. The molecular formula is C14H26N2O4. The summed E-state index contributed by atoms with van der Waals surface area (Å²) in [5, 5.41) is 21.9. The Morgan fingerprint density at radius 3 is 2.00 bits per heavy atom. The van der Waals surface area contributed by atoms with Crippen molar-refractivity contribution in [3.8, 4) is 0 Å². The van der Waals surface area contributed by atoms with Crippen molar-refractivity contribution in [3.05, 3.63) is 0 Å². The van der Waals surface area contributed by atoms with Crippen LogP contribution in [0.5, 0.6) is 0 Å². The summed E-state index contributed by atoms with van der Waals surface area (Å²) in [6.07, 6.45) is 1.06. The van der Waals surface area contributed by atoms with Crippen molar-refractivity contribution < 1.29 is 19.8 Å². The predicted octanol–water partition coefficient (Wildman–Crippen LogP) is 1.43. The zero-order chi connectivity index (χ0) is 15.8. The number of aliphatic carboxylic acids is 1. The molecule has 0 aromatic rings. The average Bonchev–Trinajstić information content (AvgIpc) is 2.27. The molecule has 3 N–H and O–H groups in total. The first-order chi connectivity index (χ1) is 8.89. The molecule has 0 radical (unpaired) electrons. The second kappa shape index (κ2) is 5.24. The van der Waals surface area contributed by atoms with Crippen LogP contribution < -0.4 is 5.32 Å². The first-order valence-electron chi connectivity index (χ1n) is 6.92. The highest BCUT2D eigenvalue weighted by Crippen LogP contribution is 2.31. The summed E-state index contributed by atoms with van der Waals surface area (Å²) < 4.78 is 0. The third kappa shape index (κ3) is 3.42. The lowest BCUT2D eigenvalue weighted by molar-refractivity contribution is -0.150. The molecule has 1 heterocycles. The Labute approximate surface area is 120 Å². The highest BCUT2D eigenvalue weighted by molar-refractivity contribution is 5.79. The molecule has 0 aliphatic carbocycles. The summed E-state index contributed by atoms with van der Waals surface area (Å²) in [7, 11) is 0. The fraction of sp³-hybridized carbons (Fsp3) is 0.857. The van der Waals surface area contributed by atoms with Crippen LogP contribution in [0.4, 0.5) is 4.79 Å². The van der Waals surface area contributed by atoms with Crippen LogP contribution in [-0.2, 0) is 4.79 Å². The minimum atomic E-state index is -1.08. The number of likely N-dealkylation sites (tertiary alicyclic amines) is 1. The standard InChI is InChI=1S/C14H26N2O4/c1-12(2,10(17)18)13(3,4)15-11(19)16-8-6-14(5,20)7-9-16/h20H,6-9H2,1-5H3,(H,15,19)(H,17,18). The molecule has 2 amide bonds. The Bertz CT molecular complexity index is 392. The quantitative estimate of drug-likeness (QED) is 0.732. The van der Waals surface area contributed by atoms with E-state index in [0.717, 1.165) is 0 Å². The van der Waals surface area contributed by atoms with Gasteiger partial charge in [0, 0.05) is 13.1 Å². The molecule has 6 nitrogen and oxygen atoms in total. The van der Waals surface area contributed by atoms with Crippen molar-refractivity contribution >= 4 is 12.0 Å². The van der Waals surface area contributed by atoms with Gasteiger partial charge in [-0.25, -0.2) is 4.79 Å². The Morgan fingerprint density at radius 2 is 1.60 bits per heavy atom. The molecule has 0 saturated carbocycles. The third-order valence-corrected chi connectivity index (χ3v) is 4.64. The van der Waals surface area contributed by atoms with E-state index in [9.17, 15) is 19.8 Å². The molecule has 1 aliphatic heterocycles. The number of nitrogens with zero attached hydrogens (tertiary/aromatic N) is 1. The summed E-state index contributed by atoms with van der Waals surface area (Å²) in [5.41, 5.74) is -2.67. The lowest BCUT2D eigenvalue weighted by Gasteiger charge is -2.42. The second-order valence-electron chi connectivity index (χ2n) is 6.97. The van der Waals surface area contributed by atoms with Gasteiger partial charge in [-0.1, -0.05) is 0 Å². The number of hydrogen-bond donors (Lipinski definition) is 3. The van der Waals surface area contributed by atoms with E-state index in [1.807, 2.05) is 0 Å². The van der Waals surface area contributed by atoms with Crippen LogP contribution in [0.3, 0.4) is 0 Å². The molecule has 6 heteroatoms. The van der Waals surface area contributed by atoms with Crippen molar-refractivity contribution in [1.82, 2.24) is 10.2 Å². The highest BCUT2D eigenvalue weighted by atomic mass is 16.4. The van der Waals surface area contributed by atoms with Gasteiger partial charge in [-0.15, -0.1) is 0 Å². The van der Waals surface area contributed by atoms with Crippen molar-refractivity contribution in [3.63, 3.8) is 0 Å². The Balaban J connectivity index is 2.69. The zero-order valence-corrected chi connectivity index (χ0v) is 13.0. The summed E-state index contributed by atoms with van der Waals surface area (Å²) >= 11 is 0. The maximum absolute atomic E-state index is 12.2. The SMILES string of the molecule is CC1(O)CCN(C(=O)NC(C)(C)C(C)(C)C(=O)O)CC1. The van der Waals surface area contributed by atoms with E-state index in [-0.39, 0.29) is 6.03 Å². The Morgan fingerprint density at radius 1 is 1.15 bits per heavy atom. The van der Waals surface area contributed by atoms with Crippen LogP contribution >= 0.6 is 0 Å². The first-order valence-corrected chi connectivity index (χ1v) is 6.92. The summed E-state index contributed by atoms with van der Waals surface area (Å²) in [6, 6.07) is -0.278. The van der Waals surface area contributed by atoms with E-state index in [0.29, 0.717) is 25.9 Å². The van der Waals surface area contributed by atoms with E-state index in [1.165, 1.54) is 0 Å². The number of carbonyl (C=O) groups is 2. The van der Waals surface area contributed by atoms with Gasteiger partial charge in [0.15, 0.2) is 0 Å². The smallest absolute Gasteiger partial charge is 0.317 e. The molecule has 1 aliphatic rings. The Kier molecular flexibility index (Phi) is 4.39. The van der Waals surface area contributed by atoms with Crippen molar-refractivity contribution in [2.75, 3.05) is 13.1 Å². The molecule has 1 saturated heterocycles. The lowest BCUT2D eigenvalue weighted by Crippen LogP contribution is -2.60. The number of aliphatic hydroxyl groups is 1. The van der Waals surface area contributed by atoms with Gasteiger partial charge >= 0.3 is 12.0 Å². The average molecular weight is 286 g/mol. The largest absolute Gasteiger partial charge is 0.481 e. The highest BCUT2D eigenvalue weighted by Gasteiger charge is 2.45. The summed E-state index contributed by atoms with van der Waals surface area (Å²) in [6.45, 7) is 9.32. The van der Waals surface area contributed by atoms with Gasteiger partial charge in [0.25, 0.3) is 0 Å². The molecule has 0 atom stereocenters. The maximum Gasteiger partial charge on any atom is 0.317 e. The number of carbonyl (C=O) groups excluding carboxylic acids is 1. The number of piperidine rings is 1. The number of urea groups is 1. The van der Waals surface area contributed by atoms with Crippen LogP contribution in [-0.4, -0.2) is 51.3 Å². The van der Waals surface area contributed by atoms with Gasteiger partial charge in [0.05, 0.1) is 16.6 Å². The van der Waals surface area contributed by atoms with Crippen molar-refractivity contribution in [1.29, 1.82) is 0 Å². The topological polar surface area (TPSA) is 89.9 Å². The molecule has 1 fully saturated rings. The van der Waals surface area contributed by atoms with Crippen LogP contribution in [0.25, 0.3) is 0 Å². The molecule has 0 aromatic carbocycles. The van der Waals surface area contributed by atoms with E-state index in [1.54, 1.807) is 39.5 Å². The van der Waals surface area contributed by atoms with Crippen LogP contribution in [0.1, 0.15) is 47.5 Å². The van der Waals surface area contributed by atoms with Gasteiger partial charge in [-0.2, -0.15) is 0 Å². The van der Waals surface area contributed by atoms with Crippen molar-refractivity contribution in [2.24, 2.45) is 5.41 Å². The number of carboxylic acid groups (broad SMARTS) is 1. The van der Waals surface area contributed by atoms with Gasteiger partial charge in [0.2, 0.25) is 0 Å². The van der Waals surface area contributed by atoms with Crippen LogP contribution in [0.2, 0.25) is 0 Å². The van der Waals surface area contributed by atoms with Gasteiger partial charge in [0.1, 0.15) is 0 Å². The predicted molar refractivity (Wildman–Crippen MR) is 75.5 cm³/mol. The molecule has 20 heavy (non-hydrogen) atoms. The van der Waals surface area contributed by atoms with E-state index >= 15 is 0 Å². The minimum Gasteiger partial charge on any atom is -0.481 e. The third-order valence-electron chi connectivity index (χ3n) is 4.64. The molecule has 0 unspecified atom stereocenters. The Hall–Kier alpha value is -1.30. The monoisotopic (exact) mass is 286 g/mol. The van der Waals surface area contributed by atoms with Gasteiger partial charge < -0.3 is 20.4 Å². The van der Waals surface area contributed by atoms with Crippen LogP contribution in [0.15, 0.2) is 0 Å². The van der Waals surface area contributed by atoms with Crippen molar-refractivity contribution in [2.45, 2.75) is 58.6 Å². The number of nitrogens with one attached hydrogen (secondary N) is 1. The van der Waals surface area contributed by atoms with E-state index in [4.69, 9.17) is 0 Å². The van der Waals surface area contributed by atoms with Crippen LogP contribution in [0, 0.1) is 5.41 Å². The fourth-order valence-corrected chi connectivity index (χ4v) is 1.96. The normalized spacial score (nSPS) is 19.6. The van der Waals surface area contributed by atoms with E-state index < -0.39 is 22.5 Å². The molecule has 0 spiro atoms. The summed E-state index contributed by atoms with van der Waals surface area (Å²) in [5.74, 6) is -0.954. The maximum atomic E-state index is 12.2. The molecule has 116 valence electrons. The second-order valence-corrected chi connectivity index (χ2v) is 6.97. The molecular weight excluding hydrogens is 260 g/mol. The van der Waals surface area contributed by atoms with E-state index in [2.05, 4.69) is 5.32 Å². The first kappa shape index (κ1) is 16.8.